The highest BCUT2D eigenvalue weighted by molar-refractivity contribution is 7.06. The molecule has 0 spiro atoms. The van der Waals surface area contributed by atoms with Gasteiger partial charge in [-0.1, -0.05) is 35.9 Å². The Kier molecular flexibility index (Phi) is 2.97. The summed E-state index contributed by atoms with van der Waals surface area (Å²) in [4.78, 5) is 24.3. The standard InChI is InChI=1S/C14H8ClNO2S/c15-11-7-3-1-5-9(11)13(17)16-12-8-4-2-6-10(12)14(18)19-16/h1-8H. The predicted octanol–water partition coefficient (Wildman–Crippen LogP) is 3.40. The zero-order valence-electron chi connectivity index (χ0n) is 9.67. The van der Waals surface area contributed by atoms with E-state index in [1.54, 1.807) is 48.5 Å². The van der Waals surface area contributed by atoms with Crippen molar-refractivity contribution in [1.82, 2.24) is 3.96 Å². The Bertz CT molecular complexity index is 835. The normalized spacial score (nSPS) is 10.8. The van der Waals surface area contributed by atoms with Crippen LogP contribution in [0.25, 0.3) is 10.9 Å². The van der Waals surface area contributed by atoms with Crippen LogP contribution in [0.15, 0.2) is 53.3 Å². The molecule has 94 valence electrons. The number of hydrogen-bond acceptors (Lipinski definition) is 3. The quantitative estimate of drug-likeness (QED) is 0.689. The fraction of sp³-hybridized carbons (Fsp3) is 0. The number of halogens is 1. The molecule has 0 aliphatic rings. The number of benzene rings is 2. The van der Waals surface area contributed by atoms with Crippen molar-refractivity contribution >= 4 is 39.9 Å². The molecule has 0 radical (unpaired) electrons. The lowest BCUT2D eigenvalue weighted by Crippen LogP contribution is -2.09. The zero-order chi connectivity index (χ0) is 13.4. The molecular formula is C14H8ClNO2S. The van der Waals surface area contributed by atoms with Gasteiger partial charge >= 0.3 is 0 Å². The van der Waals surface area contributed by atoms with E-state index in [9.17, 15) is 9.59 Å². The molecule has 1 aromatic heterocycles. The van der Waals surface area contributed by atoms with Crippen LogP contribution in [0.2, 0.25) is 5.02 Å². The molecule has 0 fully saturated rings. The van der Waals surface area contributed by atoms with Gasteiger partial charge in [0.15, 0.2) is 0 Å². The Balaban J connectivity index is 2.23. The van der Waals surface area contributed by atoms with Crippen molar-refractivity contribution in [3.05, 3.63) is 68.7 Å². The summed E-state index contributed by atoms with van der Waals surface area (Å²) in [6, 6.07) is 13.8. The molecule has 3 rings (SSSR count). The smallest absolute Gasteiger partial charge is 0.273 e. The molecule has 0 amide bonds. The van der Waals surface area contributed by atoms with E-state index >= 15 is 0 Å². The van der Waals surface area contributed by atoms with E-state index in [-0.39, 0.29) is 10.6 Å². The lowest BCUT2D eigenvalue weighted by molar-refractivity contribution is 0.0976. The SMILES string of the molecule is O=C(c1ccccc1Cl)n1sc(=O)c2ccccc21. The predicted molar refractivity (Wildman–Crippen MR) is 77.3 cm³/mol. The molecule has 1 heterocycles. The maximum atomic E-state index is 12.4. The number of carbonyl (C=O) groups is 1. The highest BCUT2D eigenvalue weighted by atomic mass is 35.5. The van der Waals surface area contributed by atoms with Crippen LogP contribution in [0.1, 0.15) is 10.4 Å². The van der Waals surface area contributed by atoms with Gasteiger partial charge in [0.2, 0.25) is 0 Å². The molecule has 0 N–H and O–H groups in total. The largest absolute Gasteiger partial charge is 0.276 e. The maximum absolute atomic E-state index is 12.4. The minimum Gasteiger partial charge on any atom is -0.276 e. The Hall–Kier alpha value is -1.91. The minimum absolute atomic E-state index is 0.129. The summed E-state index contributed by atoms with van der Waals surface area (Å²) in [6.07, 6.45) is 0. The molecule has 19 heavy (non-hydrogen) atoms. The second kappa shape index (κ2) is 4.64. The topological polar surface area (TPSA) is 39.1 Å². The first-order valence-corrected chi connectivity index (χ1v) is 6.74. The molecule has 3 nitrogen and oxygen atoms in total. The Morgan fingerprint density at radius 2 is 1.74 bits per heavy atom. The monoisotopic (exact) mass is 289 g/mol. The van der Waals surface area contributed by atoms with E-state index in [4.69, 9.17) is 11.6 Å². The first kappa shape index (κ1) is 12.1. The van der Waals surface area contributed by atoms with Crippen molar-refractivity contribution < 1.29 is 4.79 Å². The summed E-state index contributed by atoms with van der Waals surface area (Å²) >= 11 is 6.91. The number of fused-ring (bicyclic) bond motifs is 1. The summed E-state index contributed by atoms with van der Waals surface area (Å²) in [5.74, 6) is -0.283. The number of aromatic nitrogens is 1. The van der Waals surface area contributed by atoms with E-state index in [2.05, 4.69) is 0 Å². The van der Waals surface area contributed by atoms with E-state index in [0.717, 1.165) is 11.5 Å². The molecule has 2 aromatic carbocycles. The van der Waals surface area contributed by atoms with Crippen molar-refractivity contribution in [2.75, 3.05) is 0 Å². The summed E-state index contributed by atoms with van der Waals surface area (Å²) < 4.78 is 1.26. The van der Waals surface area contributed by atoms with Crippen molar-refractivity contribution in [3.8, 4) is 0 Å². The number of para-hydroxylation sites is 1. The van der Waals surface area contributed by atoms with Gasteiger partial charge in [-0.25, -0.2) is 3.96 Å². The minimum atomic E-state index is -0.283. The Labute approximate surface area is 117 Å². The van der Waals surface area contributed by atoms with Crippen LogP contribution >= 0.6 is 23.1 Å². The third kappa shape index (κ3) is 1.99. The number of carbonyl (C=O) groups excluding carboxylic acids is 1. The van der Waals surface area contributed by atoms with Gasteiger partial charge < -0.3 is 0 Å². The van der Waals surface area contributed by atoms with Crippen LogP contribution in [-0.4, -0.2) is 9.86 Å². The average Bonchev–Trinajstić information content (AvgIpc) is 2.77. The van der Waals surface area contributed by atoms with E-state index in [0.29, 0.717) is 21.5 Å². The van der Waals surface area contributed by atoms with Gasteiger partial charge in [0.25, 0.3) is 10.6 Å². The molecule has 0 aliphatic heterocycles. The van der Waals surface area contributed by atoms with Gasteiger partial charge in [0.05, 0.1) is 21.5 Å². The van der Waals surface area contributed by atoms with Crippen molar-refractivity contribution in [2.24, 2.45) is 0 Å². The summed E-state index contributed by atoms with van der Waals surface area (Å²) in [7, 11) is 0. The van der Waals surface area contributed by atoms with Crippen molar-refractivity contribution in [1.29, 1.82) is 0 Å². The lowest BCUT2D eigenvalue weighted by Gasteiger charge is -2.04. The third-order valence-electron chi connectivity index (χ3n) is 2.81. The summed E-state index contributed by atoms with van der Waals surface area (Å²) in [6.45, 7) is 0. The molecule has 5 heteroatoms. The first-order valence-electron chi connectivity index (χ1n) is 5.59. The van der Waals surface area contributed by atoms with Crippen LogP contribution in [0.4, 0.5) is 0 Å². The summed E-state index contributed by atoms with van der Waals surface area (Å²) in [5, 5.41) is 0.929. The number of hydrogen-bond donors (Lipinski definition) is 0. The van der Waals surface area contributed by atoms with Gasteiger partial charge in [-0.15, -0.1) is 0 Å². The van der Waals surface area contributed by atoms with Gasteiger partial charge in [-0.05, 0) is 35.8 Å². The molecule has 0 aliphatic carbocycles. The molecule has 0 saturated carbocycles. The third-order valence-corrected chi connectivity index (χ3v) is 4.07. The fourth-order valence-electron chi connectivity index (χ4n) is 1.90. The van der Waals surface area contributed by atoms with Crippen molar-refractivity contribution in [3.63, 3.8) is 0 Å². The van der Waals surface area contributed by atoms with Gasteiger partial charge in [-0.3, -0.25) is 9.59 Å². The fourth-order valence-corrected chi connectivity index (χ4v) is 2.99. The highest BCUT2D eigenvalue weighted by Gasteiger charge is 2.16. The van der Waals surface area contributed by atoms with E-state index < -0.39 is 0 Å². The molecule has 3 aromatic rings. The highest BCUT2D eigenvalue weighted by Crippen LogP contribution is 2.20. The van der Waals surface area contributed by atoms with Crippen LogP contribution in [0.3, 0.4) is 0 Å². The summed E-state index contributed by atoms with van der Waals surface area (Å²) in [5.41, 5.74) is 1.00. The zero-order valence-corrected chi connectivity index (χ0v) is 11.2. The van der Waals surface area contributed by atoms with Crippen LogP contribution in [0.5, 0.6) is 0 Å². The number of rotatable bonds is 1. The molecular weight excluding hydrogens is 282 g/mol. The van der Waals surface area contributed by atoms with Gasteiger partial charge in [0, 0.05) is 0 Å². The molecule has 0 bridgehead atoms. The van der Waals surface area contributed by atoms with Crippen LogP contribution < -0.4 is 4.74 Å². The molecule has 0 saturated heterocycles. The second-order valence-electron chi connectivity index (χ2n) is 3.98. The number of nitrogens with zero attached hydrogens (tertiary/aromatic N) is 1. The Morgan fingerprint density at radius 1 is 1.05 bits per heavy atom. The lowest BCUT2D eigenvalue weighted by atomic mass is 10.2. The average molecular weight is 290 g/mol. The van der Waals surface area contributed by atoms with Gasteiger partial charge in [-0.2, -0.15) is 0 Å². The van der Waals surface area contributed by atoms with Crippen molar-refractivity contribution in [2.45, 2.75) is 0 Å². The van der Waals surface area contributed by atoms with E-state index in [1.165, 1.54) is 3.96 Å². The second-order valence-corrected chi connectivity index (χ2v) is 5.30. The van der Waals surface area contributed by atoms with E-state index in [1.807, 2.05) is 0 Å². The van der Waals surface area contributed by atoms with Crippen LogP contribution in [0, 0.1) is 0 Å². The molecule has 0 unspecified atom stereocenters. The molecule has 0 atom stereocenters. The van der Waals surface area contributed by atoms with Crippen LogP contribution in [-0.2, 0) is 0 Å². The van der Waals surface area contributed by atoms with Gasteiger partial charge in [0.1, 0.15) is 0 Å². The first-order chi connectivity index (χ1) is 9.18. The maximum Gasteiger partial charge on any atom is 0.273 e. The Morgan fingerprint density at radius 3 is 2.53 bits per heavy atom.